The van der Waals surface area contributed by atoms with Crippen molar-refractivity contribution in [3.05, 3.63) is 71.8 Å². The van der Waals surface area contributed by atoms with E-state index in [0.29, 0.717) is 50.0 Å². The number of aliphatic hydroxyl groups is 1. The molecule has 0 aliphatic carbocycles. The summed E-state index contributed by atoms with van der Waals surface area (Å²) in [6.07, 6.45) is 4.63. The topological polar surface area (TPSA) is 89.3 Å². The molecule has 0 saturated carbocycles. The molecule has 3 aromatic rings. The highest BCUT2D eigenvalue weighted by Crippen LogP contribution is 2.29. The largest absolute Gasteiger partial charge is 0.493 e. The smallest absolute Gasteiger partial charge is 0.219 e. The van der Waals surface area contributed by atoms with Gasteiger partial charge in [-0.3, -0.25) is 9.69 Å². The minimum absolute atomic E-state index is 0.0584. The van der Waals surface area contributed by atoms with E-state index in [1.54, 1.807) is 18.2 Å². The van der Waals surface area contributed by atoms with Crippen molar-refractivity contribution in [3.8, 4) is 17.2 Å². The van der Waals surface area contributed by atoms with Crippen molar-refractivity contribution in [1.82, 2.24) is 19.4 Å². The van der Waals surface area contributed by atoms with E-state index in [0.717, 1.165) is 29.9 Å². The number of nitrogens with zero attached hydrogens (tertiary/aromatic N) is 4. The zero-order valence-corrected chi connectivity index (χ0v) is 23.4. The fourth-order valence-corrected chi connectivity index (χ4v) is 4.83. The normalized spacial score (nSPS) is 18.0. The van der Waals surface area contributed by atoms with Crippen molar-refractivity contribution < 1.29 is 24.1 Å². The van der Waals surface area contributed by atoms with Crippen molar-refractivity contribution in [1.29, 1.82) is 0 Å². The van der Waals surface area contributed by atoms with E-state index >= 15 is 0 Å². The highest BCUT2D eigenvalue weighted by atomic mass is 16.5. The summed E-state index contributed by atoms with van der Waals surface area (Å²) in [6.45, 7) is 9.40. The van der Waals surface area contributed by atoms with Gasteiger partial charge < -0.3 is 28.8 Å². The van der Waals surface area contributed by atoms with Gasteiger partial charge in [-0.05, 0) is 50.1 Å². The minimum Gasteiger partial charge on any atom is -0.493 e. The molecule has 0 spiro atoms. The van der Waals surface area contributed by atoms with Crippen LogP contribution in [0.1, 0.15) is 30.3 Å². The van der Waals surface area contributed by atoms with E-state index in [1.807, 2.05) is 62.5 Å². The minimum atomic E-state index is -1.21. The maximum Gasteiger partial charge on any atom is 0.219 e. The molecular formula is C30H40N4O5. The van der Waals surface area contributed by atoms with E-state index in [2.05, 4.69) is 14.5 Å². The zero-order valence-electron chi connectivity index (χ0n) is 23.4. The average molecular weight is 537 g/mol. The quantitative estimate of drug-likeness (QED) is 0.376. The van der Waals surface area contributed by atoms with E-state index in [4.69, 9.17) is 14.2 Å². The molecule has 1 unspecified atom stereocenters. The predicted octanol–water partition coefficient (Wildman–Crippen LogP) is 3.45. The number of carbonyl (C=O) groups excluding carboxylic acids is 1. The van der Waals surface area contributed by atoms with Gasteiger partial charge in [0.05, 0.1) is 20.3 Å². The standard InChI is InChI=1S/C30H40N4O5/c1-23-6-9-27(10-7-23)39-22-30(36)20-32(15-16-34(21-30)25(3)35)19-26-8-11-28(29(18-26)37-4)38-17-5-13-33-14-12-31-24(33)2/h6-12,14,18,36H,5,13,15-17,19-22H2,1-4H3. The number of carbonyl (C=O) groups is 1. The fraction of sp³-hybridized carbons (Fsp3) is 0.467. The summed E-state index contributed by atoms with van der Waals surface area (Å²) >= 11 is 0. The first kappa shape index (κ1) is 28.4. The van der Waals surface area contributed by atoms with Crippen molar-refractivity contribution in [3.63, 3.8) is 0 Å². The predicted molar refractivity (Wildman–Crippen MR) is 149 cm³/mol. The summed E-state index contributed by atoms with van der Waals surface area (Å²) in [7, 11) is 1.64. The zero-order chi connectivity index (χ0) is 27.8. The van der Waals surface area contributed by atoms with E-state index in [9.17, 15) is 9.90 Å². The molecule has 1 atom stereocenters. The first-order valence-electron chi connectivity index (χ1n) is 13.4. The Morgan fingerprint density at radius 3 is 2.54 bits per heavy atom. The number of hydrogen-bond donors (Lipinski definition) is 1. The van der Waals surface area contributed by atoms with E-state index < -0.39 is 5.60 Å². The number of ether oxygens (including phenoxy) is 3. The van der Waals surface area contributed by atoms with Gasteiger partial charge in [-0.15, -0.1) is 0 Å². The number of aromatic nitrogens is 2. The fourth-order valence-electron chi connectivity index (χ4n) is 4.83. The molecule has 39 heavy (non-hydrogen) atoms. The second kappa shape index (κ2) is 13.0. The number of imidazole rings is 1. The van der Waals surface area contributed by atoms with Gasteiger partial charge in [-0.1, -0.05) is 23.8 Å². The van der Waals surface area contributed by atoms with Crippen molar-refractivity contribution >= 4 is 5.91 Å². The van der Waals surface area contributed by atoms with Crippen LogP contribution >= 0.6 is 0 Å². The Morgan fingerprint density at radius 1 is 1.05 bits per heavy atom. The maximum absolute atomic E-state index is 12.2. The molecule has 1 aliphatic rings. The number of β-amino-alcohol motifs (C(OH)–C–C–N with tert-alkyl or cyclic N) is 1. The molecule has 1 saturated heterocycles. The summed E-state index contributed by atoms with van der Waals surface area (Å²) in [6, 6.07) is 13.7. The van der Waals surface area contributed by atoms with Crippen LogP contribution in [0.4, 0.5) is 0 Å². The Bertz CT molecular complexity index is 1230. The molecule has 1 fully saturated rings. The third kappa shape index (κ3) is 7.97. The number of methoxy groups -OCH3 is 1. The third-order valence-corrected chi connectivity index (χ3v) is 7.02. The van der Waals surface area contributed by atoms with Crippen LogP contribution in [-0.2, 0) is 17.9 Å². The Labute approximate surface area is 230 Å². The number of benzene rings is 2. The van der Waals surface area contributed by atoms with Crippen molar-refractivity contribution in [2.75, 3.05) is 46.5 Å². The first-order valence-corrected chi connectivity index (χ1v) is 13.4. The molecule has 1 aliphatic heterocycles. The Morgan fingerprint density at radius 2 is 1.85 bits per heavy atom. The monoisotopic (exact) mass is 536 g/mol. The lowest BCUT2D eigenvalue weighted by Crippen LogP contribution is -2.51. The van der Waals surface area contributed by atoms with Gasteiger partial charge in [-0.2, -0.15) is 0 Å². The SMILES string of the molecule is COc1cc(CN2CCN(C(C)=O)CC(O)(COc3ccc(C)cc3)C2)ccc1OCCCn1ccnc1C. The molecular weight excluding hydrogens is 496 g/mol. The van der Waals surface area contributed by atoms with E-state index in [-0.39, 0.29) is 19.1 Å². The Hall–Kier alpha value is -3.56. The highest BCUT2D eigenvalue weighted by molar-refractivity contribution is 5.73. The Kier molecular flexibility index (Phi) is 9.48. The van der Waals surface area contributed by atoms with Crippen molar-refractivity contribution in [2.24, 2.45) is 0 Å². The van der Waals surface area contributed by atoms with Gasteiger partial charge in [0.25, 0.3) is 0 Å². The van der Waals surface area contributed by atoms with Crippen LogP contribution in [0.25, 0.3) is 0 Å². The molecule has 4 rings (SSSR count). The number of aryl methyl sites for hydroxylation is 3. The molecule has 9 nitrogen and oxygen atoms in total. The summed E-state index contributed by atoms with van der Waals surface area (Å²) in [5.74, 6) is 3.00. The van der Waals surface area contributed by atoms with Gasteiger partial charge in [0.2, 0.25) is 5.91 Å². The summed E-state index contributed by atoms with van der Waals surface area (Å²) in [4.78, 5) is 20.4. The molecule has 210 valence electrons. The first-order chi connectivity index (χ1) is 18.7. The molecule has 2 heterocycles. The second-order valence-corrected chi connectivity index (χ2v) is 10.3. The van der Waals surface area contributed by atoms with Gasteiger partial charge in [-0.25, -0.2) is 4.98 Å². The lowest BCUT2D eigenvalue weighted by Gasteiger charge is -2.32. The van der Waals surface area contributed by atoms with Crippen LogP contribution in [-0.4, -0.2) is 82.5 Å². The second-order valence-electron chi connectivity index (χ2n) is 10.3. The average Bonchev–Trinajstić information content (AvgIpc) is 3.24. The third-order valence-electron chi connectivity index (χ3n) is 7.02. The molecule has 0 radical (unpaired) electrons. The van der Waals surface area contributed by atoms with Crippen LogP contribution in [0.3, 0.4) is 0 Å². The van der Waals surface area contributed by atoms with Crippen LogP contribution in [0.15, 0.2) is 54.9 Å². The lowest BCUT2D eigenvalue weighted by molar-refractivity contribution is -0.132. The van der Waals surface area contributed by atoms with Gasteiger partial charge in [0.15, 0.2) is 11.5 Å². The molecule has 1 amide bonds. The molecule has 0 bridgehead atoms. The highest BCUT2D eigenvalue weighted by Gasteiger charge is 2.37. The lowest BCUT2D eigenvalue weighted by atomic mass is 10.0. The molecule has 1 N–H and O–H groups in total. The van der Waals surface area contributed by atoms with Gasteiger partial charge in [0.1, 0.15) is 23.8 Å². The van der Waals surface area contributed by atoms with Crippen LogP contribution in [0.2, 0.25) is 0 Å². The summed E-state index contributed by atoms with van der Waals surface area (Å²) < 4.78 is 19.7. The summed E-state index contributed by atoms with van der Waals surface area (Å²) in [5.41, 5.74) is 0.959. The Balaban J connectivity index is 1.38. The van der Waals surface area contributed by atoms with Crippen LogP contribution in [0, 0.1) is 13.8 Å². The summed E-state index contributed by atoms with van der Waals surface area (Å²) in [5, 5.41) is 11.6. The molecule has 9 heteroatoms. The van der Waals surface area contributed by atoms with Crippen LogP contribution < -0.4 is 14.2 Å². The number of hydrogen-bond acceptors (Lipinski definition) is 7. The number of amides is 1. The molecule has 1 aromatic heterocycles. The maximum atomic E-state index is 12.2. The molecule has 2 aromatic carbocycles. The van der Waals surface area contributed by atoms with Gasteiger partial charge >= 0.3 is 0 Å². The van der Waals surface area contributed by atoms with Crippen LogP contribution in [0.5, 0.6) is 17.2 Å². The van der Waals surface area contributed by atoms with Gasteiger partial charge in [0, 0.05) is 52.0 Å². The van der Waals surface area contributed by atoms with Crippen molar-refractivity contribution in [2.45, 2.75) is 45.9 Å². The van der Waals surface area contributed by atoms with E-state index in [1.165, 1.54) is 6.92 Å². The number of rotatable bonds is 11.